The Labute approximate surface area is 130 Å². The summed E-state index contributed by atoms with van der Waals surface area (Å²) in [5.41, 5.74) is -2.04. The maximum atomic E-state index is 13.1. The van der Waals surface area contributed by atoms with Gasteiger partial charge in [-0.25, -0.2) is 0 Å². The summed E-state index contributed by atoms with van der Waals surface area (Å²) in [6, 6.07) is 10.3. The van der Waals surface area contributed by atoms with Crippen LogP contribution < -0.4 is 5.30 Å². The second-order valence-electron chi connectivity index (χ2n) is 4.69. The van der Waals surface area contributed by atoms with Crippen LogP contribution in [0.1, 0.15) is 16.7 Å². The predicted octanol–water partition coefficient (Wildman–Crippen LogP) is 5.70. The van der Waals surface area contributed by atoms with Gasteiger partial charge < -0.3 is 0 Å². The Balaban J connectivity index is 2.53. The van der Waals surface area contributed by atoms with Crippen molar-refractivity contribution < 1.29 is 26.3 Å². The van der Waals surface area contributed by atoms with Crippen LogP contribution in [0.15, 0.2) is 55.1 Å². The number of alkyl halides is 6. The molecule has 0 amide bonds. The highest BCUT2D eigenvalue weighted by molar-refractivity contribution is 7.58. The van der Waals surface area contributed by atoms with Crippen LogP contribution in [0.5, 0.6) is 0 Å². The van der Waals surface area contributed by atoms with E-state index in [0.717, 1.165) is 6.07 Å². The smallest absolute Gasteiger partial charge is 0.166 e. The molecule has 0 aromatic heterocycles. The summed E-state index contributed by atoms with van der Waals surface area (Å²) in [6.07, 6.45) is -9.72. The zero-order chi connectivity index (χ0) is 17.3. The summed E-state index contributed by atoms with van der Waals surface area (Å²) >= 11 is 0. The molecule has 0 aliphatic rings. The van der Waals surface area contributed by atoms with Gasteiger partial charge in [-0.05, 0) is 23.0 Å². The third kappa shape index (κ3) is 4.14. The third-order valence-electron chi connectivity index (χ3n) is 3.07. The maximum absolute atomic E-state index is 13.1. The second kappa shape index (κ2) is 6.36. The van der Waals surface area contributed by atoms with Gasteiger partial charge in [0.15, 0.2) is 0 Å². The molecule has 2 aromatic rings. The molecule has 0 N–H and O–H groups in total. The monoisotopic (exact) mass is 348 g/mol. The van der Waals surface area contributed by atoms with Gasteiger partial charge in [0.2, 0.25) is 0 Å². The van der Waals surface area contributed by atoms with Gasteiger partial charge in [-0.15, -0.1) is 0 Å². The van der Waals surface area contributed by atoms with Crippen molar-refractivity contribution in [3.05, 3.63) is 71.8 Å². The van der Waals surface area contributed by atoms with E-state index < -0.39 is 37.4 Å². The zero-order valence-corrected chi connectivity index (χ0v) is 12.6. The van der Waals surface area contributed by atoms with Crippen molar-refractivity contribution in [2.24, 2.45) is 0 Å². The van der Waals surface area contributed by atoms with Crippen LogP contribution in [-0.4, -0.2) is 0 Å². The summed E-state index contributed by atoms with van der Waals surface area (Å²) in [7, 11) is -0.834. The summed E-state index contributed by atoms with van der Waals surface area (Å²) in [6.45, 7) is 3.64. The van der Waals surface area contributed by atoms with Crippen LogP contribution in [0.4, 0.5) is 26.3 Å². The van der Waals surface area contributed by atoms with E-state index in [0.29, 0.717) is 17.7 Å². The Hall–Kier alpha value is -1.81. The summed E-state index contributed by atoms with van der Waals surface area (Å²) in [4.78, 5) is 0. The molecule has 0 nitrogen and oxygen atoms in total. The van der Waals surface area contributed by atoms with E-state index in [1.54, 1.807) is 30.3 Å². The standard InChI is InChI=1S/C16H11F6P/c1-10(11-6-3-2-4-7-11)23-14-12(15(17,18)19)8-5-9-13(14)16(20,21)22/h2-9,23H,1H2. The van der Waals surface area contributed by atoms with Crippen molar-refractivity contribution in [3.8, 4) is 0 Å². The molecular weight excluding hydrogens is 337 g/mol. The van der Waals surface area contributed by atoms with Crippen LogP contribution >= 0.6 is 8.58 Å². The SMILES string of the molecule is C=C(Pc1c(C(F)(F)F)cccc1C(F)(F)F)c1ccccc1. The first-order valence-electron chi connectivity index (χ1n) is 6.39. The van der Waals surface area contributed by atoms with Crippen molar-refractivity contribution in [3.63, 3.8) is 0 Å². The molecule has 0 saturated carbocycles. The Kier molecular flexibility index (Phi) is 4.85. The minimum atomic E-state index is -4.86. The Morgan fingerprint density at radius 3 is 1.65 bits per heavy atom. The van der Waals surface area contributed by atoms with Crippen molar-refractivity contribution in [1.82, 2.24) is 0 Å². The first kappa shape index (κ1) is 17.5. The molecule has 122 valence electrons. The van der Waals surface area contributed by atoms with Crippen molar-refractivity contribution >= 4 is 19.2 Å². The van der Waals surface area contributed by atoms with Gasteiger partial charge in [0.25, 0.3) is 0 Å². The molecule has 0 aliphatic carbocycles. The number of benzene rings is 2. The van der Waals surface area contributed by atoms with Gasteiger partial charge in [-0.1, -0.05) is 51.6 Å². The molecule has 2 aromatic carbocycles. The van der Waals surface area contributed by atoms with Crippen molar-refractivity contribution in [2.75, 3.05) is 0 Å². The highest BCUT2D eigenvalue weighted by atomic mass is 31.1. The number of hydrogen-bond donors (Lipinski definition) is 0. The molecule has 1 unspecified atom stereocenters. The molecule has 0 fully saturated rings. The molecule has 0 radical (unpaired) electrons. The molecule has 0 aliphatic heterocycles. The van der Waals surface area contributed by atoms with Crippen LogP contribution in [-0.2, 0) is 12.4 Å². The third-order valence-corrected chi connectivity index (χ3v) is 4.45. The number of halogens is 6. The maximum Gasteiger partial charge on any atom is 0.417 e. The topological polar surface area (TPSA) is 0 Å². The highest BCUT2D eigenvalue weighted by Crippen LogP contribution is 2.41. The predicted molar refractivity (Wildman–Crippen MR) is 79.9 cm³/mol. The molecule has 0 heterocycles. The molecule has 1 atom stereocenters. The average molecular weight is 348 g/mol. The number of rotatable bonds is 3. The minimum absolute atomic E-state index is 0.216. The zero-order valence-electron chi connectivity index (χ0n) is 11.6. The molecule has 0 bridgehead atoms. The van der Waals surface area contributed by atoms with Crippen LogP contribution in [0, 0.1) is 0 Å². The van der Waals surface area contributed by atoms with Gasteiger partial charge >= 0.3 is 12.4 Å². The van der Waals surface area contributed by atoms with E-state index in [1.165, 1.54) is 0 Å². The summed E-state index contributed by atoms with van der Waals surface area (Å²) < 4.78 is 78.5. The van der Waals surface area contributed by atoms with Crippen LogP contribution in [0.2, 0.25) is 0 Å². The fraction of sp³-hybridized carbons (Fsp3) is 0.125. The van der Waals surface area contributed by atoms with Gasteiger partial charge in [0.05, 0.1) is 11.1 Å². The lowest BCUT2D eigenvalue weighted by Gasteiger charge is -2.19. The summed E-state index contributed by atoms with van der Waals surface area (Å²) in [5.74, 6) is 0. The van der Waals surface area contributed by atoms with Crippen molar-refractivity contribution in [1.29, 1.82) is 0 Å². The molecule has 23 heavy (non-hydrogen) atoms. The minimum Gasteiger partial charge on any atom is -0.166 e. The van der Waals surface area contributed by atoms with Crippen LogP contribution in [0.3, 0.4) is 0 Å². The second-order valence-corrected chi connectivity index (χ2v) is 6.05. The van der Waals surface area contributed by atoms with E-state index in [9.17, 15) is 26.3 Å². The normalized spacial score (nSPS) is 12.8. The fourth-order valence-electron chi connectivity index (χ4n) is 2.02. The molecule has 7 heteroatoms. The van der Waals surface area contributed by atoms with E-state index in [1.807, 2.05) is 0 Å². The quantitative estimate of drug-likeness (QED) is 0.493. The number of hydrogen-bond acceptors (Lipinski definition) is 0. The van der Waals surface area contributed by atoms with E-state index in [-0.39, 0.29) is 5.31 Å². The average Bonchev–Trinajstić information content (AvgIpc) is 2.46. The first-order chi connectivity index (χ1) is 10.6. The van der Waals surface area contributed by atoms with E-state index >= 15 is 0 Å². The summed E-state index contributed by atoms with van der Waals surface area (Å²) in [5, 5.41) is -0.561. The Bertz CT molecular complexity index is 668. The lowest BCUT2D eigenvalue weighted by Crippen LogP contribution is -2.24. The highest BCUT2D eigenvalue weighted by Gasteiger charge is 2.40. The van der Waals surface area contributed by atoms with Crippen molar-refractivity contribution in [2.45, 2.75) is 12.4 Å². The van der Waals surface area contributed by atoms with Gasteiger partial charge in [0.1, 0.15) is 0 Å². The van der Waals surface area contributed by atoms with Gasteiger partial charge in [-0.2, -0.15) is 26.3 Å². The first-order valence-corrected chi connectivity index (χ1v) is 7.39. The van der Waals surface area contributed by atoms with Gasteiger partial charge in [0, 0.05) is 5.30 Å². The van der Waals surface area contributed by atoms with Crippen LogP contribution in [0.25, 0.3) is 5.31 Å². The molecule has 0 saturated heterocycles. The molecule has 2 rings (SSSR count). The Morgan fingerprint density at radius 1 is 0.739 bits per heavy atom. The lowest BCUT2D eigenvalue weighted by molar-refractivity contribution is -0.141. The molecule has 0 spiro atoms. The molecular formula is C16H11F6P. The van der Waals surface area contributed by atoms with E-state index in [4.69, 9.17) is 0 Å². The van der Waals surface area contributed by atoms with Gasteiger partial charge in [-0.3, -0.25) is 0 Å². The largest absolute Gasteiger partial charge is 0.417 e. The fourth-order valence-corrected chi connectivity index (χ4v) is 3.35. The lowest BCUT2D eigenvalue weighted by atomic mass is 10.1. The Morgan fingerprint density at radius 2 is 1.22 bits per heavy atom. The van der Waals surface area contributed by atoms with E-state index in [2.05, 4.69) is 6.58 Å².